The average Bonchev–Trinajstić information content (AvgIpc) is 3.29. The number of amides is 1. The lowest BCUT2D eigenvalue weighted by Crippen LogP contribution is -2.38. The average molecular weight is 458 g/mol. The predicted molar refractivity (Wildman–Crippen MR) is 133 cm³/mol. The Morgan fingerprint density at radius 3 is 2.79 bits per heavy atom. The summed E-state index contributed by atoms with van der Waals surface area (Å²) in [6.07, 6.45) is 7.85. The molecule has 0 bridgehead atoms. The number of benzene rings is 1. The predicted octanol–water partition coefficient (Wildman–Crippen LogP) is 4.70. The molecular weight excluding hydrogens is 426 g/mol. The molecule has 34 heavy (non-hydrogen) atoms. The zero-order chi connectivity index (χ0) is 23.1. The normalized spacial score (nSPS) is 21.7. The van der Waals surface area contributed by atoms with Crippen molar-refractivity contribution in [3.63, 3.8) is 0 Å². The maximum absolute atomic E-state index is 13.9. The van der Waals surface area contributed by atoms with Crippen LogP contribution in [0.1, 0.15) is 36.9 Å². The molecule has 3 aliphatic rings. The number of hydrogen-bond acceptors (Lipinski definition) is 5. The lowest BCUT2D eigenvalue weighted by molar-refractivity contribution is -0.124. The first-order valence-electron chi connectivity index (χ1n) is 12.3. The molecule has 1 aliphatic carbocycles. The van der Waals surface area contributed by atoms with Gasteiger partial charge in [-0.25, -0.2) is 4.98 Å². The number of fused-ring (bicyclic) bond motifs is 3. The van der Waals surface area contributed by atoms with Crippen LogP contribution < -0.4 is 15.1 Å². The van der Waals surface area contributed by atoms with Crippen molar-refractivity contribution in [2.24, 2.45) is 5.92 Å². The zero-order valence-corrected chi connectivity index (χ0v) is 19.6. The van der Waals surface area contributed by atoms with Gasteiger partial charge < -0.3 is 24.4 Å². The molecule has 4 heterocycles. The molecule has 1 amide bonds. The lowest BCUT2D eigenvalue weighted by Gasteiger charge is -2.34. The van der Waals surface area contributed by atoms with Gasteiger partial charge in [-0.05, 0) is 62.1 Å². The fraction of sp³-hybridized carbons (Fsp3) is 0.407. The Morgan fingerprint density at radius 1 is 1.06 bits per heavy atom. The molecule has 0 unspecified atom stereocenters. The van der Waals surface area contributed by atoms with Crippen LogP contribution in [0, 0.1) is 5.92 Å². The lowest BCUT2D eigenvalue weighted by atomic mass is 9.86. The van der Waals surface area contributed by atoms with Gasteiger partial charge in [0.05, 0.1) is 30.6 Å². The van der Waals surface area contributed by atoms with E-state index in [2.05, 4.69) is 62.4 Å². The summed E-state index contributed by atoms with van der Waals surface area (Å²) in [6, 6.07) is 14.7. The van der Waals surface area contributed by atoms with Crippen molar-refractivity contribution in [2.75, 3.05) is 28.8 Å². The zero-order valence-electron chi connectivity index (χ0n) is 19.6. The number of rotatable bonds is 3. The molecule has 7 nitrogen and oxygen atoms in total. The van der Waals surface area contributed by atoms with Crippen molar-refractivity contribution < 1.29 is 9.53 Å². The summed E-state index contributed by atoms with van der Waals surface area (Å²) in [5.41, 5.74) is 5.37. The Bertz CT molecular complexity index is 1200. The topological polar surface area (TPSA) is 62.6 Å². The van der Waals surface area contributed by atoms with Gasteiger partial charge in [-0.1, -0.05) is 6.07 Å². The van der Waals surface area contributed by atoms with Crippen LogP contribution in [0.4, 0.5) is 22.9 Å². The summed E-state index contributed by atoms with van der Waals surface area (Å²) in [5, 5.41) is 3.50. The highest BCUT2D eigenvalue weighted by molar-refractivity contribution is 6.00. The number of nitrogens with zero attached hydrogens (tertiary/aromatic N) is 4. The van der Waals surface area contributed by atoms with Crippen molar-refractivity contribution in [3.8, 4) is 0 Å². The first-order chi connectivity index (χ1) is 16.7. The van der Waals surface area contributed by atoms with Crippen molar-refractivity contribution in [3.05, 3.63) is 66.1 Å². The molecule has 2 aliphatic heterocycles. The SMILES string of the molecule is CO[C@H]1CC[C@@H](C(=O)N2Cc3cccnc3Nc3ccc(N4CCn5cccc5C4)cc32)CC1. The van der Waals surface area contributed by atoms with Crippen LogP contribution in [0.25, 0.3) is 0 Å². The number of carbonyl (C=O) groups is 1. The molecule has 7 heteroatoms. The Morgan fingerprint density at radius 2 is 1.94 bits per heavy atom. The van der Waals surface area contributed by atoms with Crippen LogP contribution in [0.15, 0.2) is 54.9 Å². The van der Waals surface area contributed by atoms with E-state index in [1.807, 2.05) is 11.0 Å². The van der Waals surface area contributed by atoms with Gasteiger partial charge in [0.1, 0.15) is 5.82 Å². The summed E-state index contributed by atoms with van der Waals surface area (Å²) in [4.78, 5) is 22.9. The Hall–Kier alpha value is -3.32. The molecule has 0 radical (unpaired) electrons. The van der Waals surface area contributed by atoms with Gasteiger partial charge in [-0.3, -0.25) is 4.79 Å². The third-order valence-corrected chi connectivity index (χ3v) is 7.62. The van der Waals surface area contributed by atoms with E-state index in [4.69, 9.17) is 4.74 Å². The van der Waals surface area contributed by atoms with Gasteiger partial charge in [-0.2, -0.15) is 0 Å². The van der Waals surface area contributed by atoms with Crippen LogP contribution in [0.3, 0.4) is 0 Å². The number of ether oxygens (including phenoxy) is 1. The van der Waals surface area contributed by atoms with Crippen molar-refractivity contribution in [1.29, 1.82) is 0 Å². The molecule has 3 aromatic rings. The Kier molecular flexibility index (Phi) is 5.49. The van der Waals surface area contributed by atoms with Crippen molar-refractivity contribution >= 4 is 28.8 Å². The number of methoxy groups -OCH3 is 1. The Labute approximate surface area is 200 Å². The first kappa shape index (κ1) is 21.2. The molecular formula is C27H31N5O2. The molecule has 1 fully saturated rings. The highest BCUT2D eigenvalue weighted by Crippen LogP contribution is 2.40. The minimum absolute atomic E-state index is 0.0272. The molecule has 0 saturated heterocycles. The highest BCUT2D eigenvalue weighted by Gasteiger charge is 2.33. The van der Waals surface area contributed by atoms with Gasteiger partial charge in [0.25, 0.3) is 0 Å². The van der Waals surface area contributed by atoms with Crippen LogP contribution in [0.2, 0.25) is 0 Å². The second-order valence-electron chi connectivity index (χ2n) is 9.59. The van der Waals surface area contributed by atoms with E-state index in [1.165, 1.54) is 5.69 Å². The quantitative estimate of drug-likeness (QED) is 0.618. The number of anilines is 4. The van der Waals surface area contributed by atoms with Gasteiger partial charge in [0.15, 0.2) is 0 Å². The largest absolute Gasteiger partial charge is 0.381 e. The molecule has 1 N–H and O–H groups in total. The minimum Gasteiger partial charge on any atom is -0.381 e. The summed E-state index contributed by atoms with van der Waals surface area (Å²) in [6.45, 7) is 3.32. The number of carbonyl (C=O) groups excluding carboxylic acids is 1. The molecule has 0 spiro atoms. The van der Waals surface area contributed by atoms with Crippen LogP contribution >= 0.6 is 0 Å². The second kappa shape index (κ2) is 8.80. The van der Waals surface area contributed by atoms with E-state index in [9.17, 15) is 4.79 Å². The Balaban J connectivity index is 1.34. The standard InChI is InChI=1S/C27H31N5O2/c1-34-23-9-6-19(7-10-23)27(33)32-17-20-4-2-12-28-26(20)29-24-11-8-21(16-25(24)32)31-15-14-30-13-3-5-22(30)18-31/h2-5,8,11-13,16,19,23H,6-7,9-10,14-15,17-18H2,1H3,(H,28,29)/t19-,23+. The molecule has 1 aromatic carbocycles. The van der Waals surface area contributed by atoms with Gasteiger partial charge in [0, 0.05) is 55.5 Å². The molecule has 2 aromatic heterocycles. The van der Waals surface area contributed by atoms with Crippen LogP contribution in [-0.4, -0.2) is 35.2 Å². The number of hydrogen-bond donors (Lipinski definition) is 1. The summed E-state index contributed by atoms with van der Waals surface area (Å²) in [7, 11) is 1.77. The fourth-order valence-electron chi connectivity index (χ4n) is 5.60. The molecule has 6 rings (SSSR count). The van der Waals surface area contributed by atoms with Crippen LogP contribution in [-0.2, 0) is 29.2 Å². The van der Waals surface area contributed by atoms with Crippen molar-refractivity contribution in [2.45, 2.75) is 51.4 Å². The maximum atomic E-state index is 13.9. The molecule has 176 valence electrons. The van der Waals surface area contributed by atoms with Gasteiger partial charge in [0.2, 0.25) is 5.91 Å². The van der Waals surface area contributed by atoms with Gasteiger partial charge >= 0.3 is 0 Å². The third-order valence-electron chi connectivity index (χ3n) is 7.62. The number of pyridine rings is 1. The summed E-state index contributed by atoms with van der Waals surface area (Å²) < 4.78 is 7.85. The van der Waals surface area contributed by atoms with Gasteiger partial charge in [-0.15, -0.1) is 0 Å². The first-order valence-corrected chi connectivity index (χ1v) is 12.3. The highest BCUT2D eigenvalue weighted by atomic mass is 16.5. The second-order valence-corrected chi connectivity index (χ2v) is 9.59. The molecule has 1 saturated carbocycles. The van der Waals surface area contributed by atoms with Crippen LogP contribution in [0.5, 0.6) is 0 Å². The smallest absolute Gasteiger partial charge is 0.230 e. The minimum atomic E-state index is 0.0272. The monoisotopic (exact) mass is 457 g/mol. The third kappa shape index (κ3) is 3.84. The number of nitrogens with one attached hydrogen (secondary N) is 1. The van der Waals surface area contributed by atoms with E-state index in [-0.39, 0.29) is 17.9 Å². The maximum Gasteiger partial charge on any atom is 0.230 e. The van der Waals surface area contributed by atoms with E-state index >= 15 is 0 Å². The number of aromatic nitrogens is 2. The van der Waals surface area contributed by atoms with E-state index in [0.29, 0.717) is 6.54 Å². The van der Waals surface area contributed by atoms with E-state index < -0.39 is 0 Å². The summed E-state index contributed by atoms with van der Waals surface area (Å²) in [5.74, 6) is 1.06. The van der Waals surface area contributed by atoms with E-state index in [0.717, 1.165) is 73.8 Å². The van der Waals surface area contributed by atoms with Crippen molar-refractivity contribution in [1.82, 2.24) is 9.55 Å². The fourth-order valence-corrected chi connectivity index (χ4v) is 5.60. The molecule has 0 atom stereocenters. The van der Waals surface area contributed by atoms with E-state index in [1.54, 1.807) is 13.3 Å². The summed E-state index contributed by atoms with van der Waals surface area (Å²) >= 11 is 0.